The summed E-state index contributed by atoms with van der Waals surface area (Å²) in [7, 11) is 0. The SMILES string of the molecule is [C-]#[N+]c1scc([C@H]2CN3CCN(C(=O)Cc4ccc(-n5cnnn5)nc4)C[C@H]3CO2)c1C. The van der Waals surface area contributed by atoms with E-state index in [2.05, 4.69) is 30.3 Å². The van der Waals surface area contributed by atoms with Crippen LogP contribution in [0.3, 0.4) is 0 Å². The summed E-state index contributed by atoms with van der Waals surface area (Å²) >= 11 is 1.48. The van der Waals surface area contributed by atoms with Crippen LogP contribution in [0.1, 0.15) is 22.8 Å². The fourth-order valence-electron chi connectivity index (χ4n) is 4.26. The number of pyridine rings is 1. The molecular weight excluding hydrogens is 428 g/mol. The Morgan fingerprint density at radius 1 is 1.34 bits per heavy atom. The van der Waals surface area contributed by atoms with Gasteiger partial charge < -0.3 is 9.64 Å². The molecule has 0 N–H and O–H groups in total. The number of hydrogen-bond acceptors (Lipinski definition) is 8. The van der Waals surface area contributed by atoms with Crippen molar-refractivity contribution >= 4 is 22.2 Å². The standard InChI is InChI=1S/C21H22N8O2S/c1-14-17(12-32-21(14)22-2)18-10-27-5-6-28(9-16(27)11-31-18)20(30)7-15-3-4-19(23-8-15)29-13-24-25-26-29/h3-4,8,12-13,16,18H,5-7,9-11H2,1H3/t16-,18+/m0/s1. The number of nitrogens with zero attached hydrogens (tertiary/aromatic N) is 8. The van der Waals surface area contributed by atoms with Crippen molar-refractivity contribution in [3.05, 3.63) is 58.1 Å². The van der Waals surface area contributed by atoms with Gasteiger partial charge in [0.25, 0.3) is 0 Å². The molecule has 2 aliphatic rings. The topological polar surface area (TPSA) is 93.6 Å². The number of morpholine rings is 1. The van der Waals surface area contributed by atoms with Crippen LogP contribution in [0.2, 0.25) is 0 Å². The zero-order chi connectivity index (χ0) is 22.1. The number of hydrogen-bond donors (Lipinski definition) is 0. The maximum atomic E-state index is 12.9. The molecule has 0 aromatic carbocycles. The minimum Gasteiger partial charge on any atom is -0.371 e. The lowest BCUT2D eigenvalue weighted by Gasteiger charge is -2.46. The van der Waals surface area contributed by atoms with Gasteiger partial charge >= 0.3 is 0 Å². The van der Waals surface area contributed by atoms with E-state index in [1.807, 2.05) is 23.3 Å². The minimum atomic E-state index is -0.00923. The molecule has 1 amide bonds. The number of carbonyl (C=O) groups excluding carboxylic acids is 1. The fraction of sp³-hybridized carbons (Fsp3) is 0.429. The third-order valence-corrected chi connectivity index (χ3v) is 7.09. The number of tetrazole rings is 1. The number of carbonyl (C=O) groups is 1. The van der Waals surface area contributed by atoms with Crippen LogP contribution in [0.5, 0.6) is 0 Å². The van der Waals surface area contributed by atoms with Crippen LogP contribution in [0.15, 0.2) is 30.0 Å². The highest BCUT2D eigenvalue weighted by atomic mass is 32.1. The van der Waals surface area contributed by atoms with E-state index >= 15 is 0 Å². The summed E-state index contributed by atoms with van der Waals surface area (Å²) in [6.07, 6.45) is 3.48. The van der Waals surface area contributed by atoms with Crippen LogP contribution in [0.25, 0.3) is 10.7 Å². The van der Waals surface area contributed by atoms with Crippen molar-refractivity contribution in [3.63, 3.8) is 0 Å². The van der Waals surface area contributed by atoms with Gasteiger partial charge in [-0.25, -0.2) is 9.83 Å². The third kappa shape index (κ3) is 4.00. The summed E-state index contributed by atoms with van der Waals surface area (Å²) in [5, 5.41) is 13.8. The van der Waals surface area contributed by atoms with Crippen LogP contribution >= 0.6 is 11.3 Å². The molecule has 2 saturated heterocycles. The van der Waals surface area contributed by atoms with E-state index in [0.29, 0.717) is 31.9 Å². The van der Waals surface area contributed by atoms with Gasteiger partial charge in [0.05, 0.1) is 31.7 Å². The fourth-order valence-corrected chi connectivity index (χ4v) is 5.17. The second kappa shape index (κ2) is 8.74. The van der Waals surface area contributed by atoms with Crippen LogP contribution in [-0.4, -0.2) is 79.7 Å². The monoisotopic (exact) mass is 450 g/mol. The number of fused-ring (bicyclic) bond motifs is 1. The maximum Gasteiger partial charge on any atom is 0.244 e. The predicted molar refractivity (Wildman–Crippen MR) is 117 cm³/mol. The normalized spacial score (nSPS) is 21.2. The first-order valence-corrected chi connectivity index (χ1v) is 11.3. The molecule has 2 aliphatic heterocycles. The number of amides is 1. The van der Waals surface area contributed by atoms with Gasteiger partial charge in [-0.1, -0.05) is 6.07 Å². The summed E-state index contributed by atoms with van der Waals surface area (Å²) < 4.78 is 7.64. The molecule has 2 fully saturated rings. The van der Waals surface area contributed by atoms with E-state index in [9.17, 15) is 4.79 Å². The zero-order valence-electron chi connectivity index (χ0n) is 17.6. The Morgan fingerprint density at radius 2 is 2.25 bits per heavy atom. The van der Waals surface area contributed by atoms with Crippen LogP contribution in [0.4, 0.5) is 5.00 Å². The van der Waals surface area contributed by atoms with Gasteiger partial charge in [0, 0.05) is 32.4 Å². The van der Waals surface area contributed by atoms with Crippen LogP contribution < -0.4 is 0 Å². The molecule has 0 aliphatic carbocycles. The molecule has 0 spiro atoms. The Hall–Kier alpha value is -3.20. The Balaban J connectivity index is 1.17. The first-order chi connectivity index (χ1) is 15.6. The molecule has 32 heavy (non-hydrogen) atoms. The summed E-state index contributed by atoms with van der Waals surface area (Å²) in [4.78, 5) is 25.2. The number of aromatic nitrogens is 5. The molecule has 3 aromatic rings. The second-order valence-electron chi connectivity index (χ2n) is 8.00. The molecule has 164 valence electrons. The van der Waals surface area contributed by atoms with Gasteiger partial charge in [0.2, 0.25) is 10.9 Å². The molecule has 5 heterocycles. The highest BCUT2D eigenvalue weighted by molar-refractivity contribution is 7.14. The minimum absolute atomic E-state index is 0.00923. The Morgan fingerprint density at radius 3 is 2.97 bits per heavy atom. The second-order valence-corrected chi connectivity index (χ2v) is 8.86. The van der Waals surface area contributed by atoms with Crippen molar-refractivity contribution in [2.75, 3.05) is 32.8 Å². The van der Waals surface area contributed by atoms with E-state index in [0.717, 1.165) is 34.8 Å². The van der Waals surface area contributed by atoms with Gasteiger partial charge in [-0.2, -0.15) is 16.0 Å². The Bertz CT molecular complexity index is 1140. The number of piperazine rings is 1. The van der Waals surface area contributed by atoms with Crippen molar-refractivity contribution in [3.8, 4) is 5.82 Å². The number of thiophene rings is 1. The quantitative estimate of drug-likeness (QED) is 0.560. The van der Waals surface area contributed by atoms with Gasteiger partial charge in [-0.15, -0.1) is 5.10 Å². The van der Waals surface area contributed by atoms with Gasteiger partial charge in [-0.3, -0.25) is 9.69 Å². The van der Waals surface area contributed by atoms with Crippen molar-refractivity contribution in [2.24, 2.45) is 0 Å². The summed E-state index contributed by atoms with van der Waals surface area (Å²) in [6.45, 7) is 12.8. The molecule has 11 heteroatoms. The summed E-state index contributed by atoms with van der Waals surface area (Å²) in [5.41, 5.74) is 3.01. The lowest BCUT2D eigenvalue weighted by molar-refractivity contribution is -0.139. The summed E-state index contributed by atoms with van der Waals surface area (Å²) in [6, 6.07) is 3.88. The van der Waals surface area contributed by atoms with Crippen molar-refractivity contribution in [1.29, 1.82) is 0 Å². The number of ether oxygens (including phenoxy) is 1. The van der Waals surface area contributed by atoms with E-state index in [1.165, 1.54) is 22.3 Å². The van der Waals surface area contributed by atoms with Crippen molar-refractivity contribution in [1.82, 2.24) is 35.0 Å². The lowest BCUT2D eigenvalue weighted by Crippen LogP contribution is -2.59. The molecule has 3 aromatic heterocycles. The molecule has 2 atom stereocenters. The molecule has 0 saturated carbocycles. The first-order valence-electron chi connectivity index (χ1n) is 10.4. The van der Waals surface area contributed by atoms with E-state index in [-0.39, 0.29) is 18.1 Å². The van der Waals surface area contributed by atoms with Crippen LogP contribution in [-0.2, 0) is 16.0 Å². The molecule has 0 bridgehead atoms. The highest BCUT2D eigenvalue weighted by Crippen LogP contribution is 2.37. The van der Waals surface area contributed by atoms with Crippen LogP contribution in [0, 0.1) is 13.5 Å². The molecule has 0 radical (unpaired) electrons. The third-order valence-electron chi connectivity index (χ3n) is 6.10. The maximum absolute atomic E-state index is 12.9. The predicted octanol–water partition coefficient (Wildman–Crippen LogP) is 1.80. The average molecular weight is 451 g/mol. The smallest absolute Gasteiger partial charge is 0.244 e. The largest absolute Gasteiger partial charge is 0.371 e. The molecular formula is C21H22N8O2S. The summed E-state index contributed by atoms with van der Waals surface area (Å²) in [5.74, 6) is 0.706. The van der Waals surface area contributed by atoms with E-state index < -0.39 is 0 Å². The van der Waals surface area contributed by atoms with E-state index in [4.69, 9.17) is 11.3 Å². The van der Waals surface area contributed by atoms with Gasteiger partial charge in [0.1, 0.15) is 6.33 Å². The van der Waals surface area contributed by atoms with Crippen molar-refractivity contribution in [2.45, 2.75) is 25.5 Å². The van der Waals surface area contributed by atoms with Crippen molar-refractivity contribution < 1.29 is 9.53 Å². The zero-order valence-corrected chi connectivity index (χ0v) is 18.4. The van der Waals surface area contributed by atoms with Gasteiger partial charge in [0.15, 0.2) is 5.82 Å². The molecule has 10 nitrogen and oxygen atoms in total. The van der Waals surface area contributed by atoms with Gasteiger partial charge in [-0.05, 0) is 45.5 Å². The highest BCUT2D eigenvalue weighted by Gasteiger charge is 2.36. The molecule has 5 rings (SSSR count). The Kier molecular flexibility index (Phi) is 5.65. The van der Waals surface area contributed by atoms with E-state index in [1.54, 1.807) is 12.3 Å². The molecule has 0 unspecified atom stereocenters. The average Bonchev–Trinajstić information content (AvgIpc) is 3.49. The number of rotatable bonds is 4. The Labute approximate surface area is 189 Å². The lowest BCUT2D eigenvalue weighted by atomic mass is 10.0. The first kappa shape index (κ1) is 20.7.